The molecule has 0 aliphatic carbocycles. The van der Waals surface area contributed by atoms with Crippen molar-refractivity contribution in [2.24, 2.45) is 0 Å². The number of ether oxygens (including phenoxy) is 1. The van der Waals surface area contributed by atoms with Gasteiger partial charge in [0.2, 0.25) is 0 Å². The first-order valence-electron chi connectivity index (χ1n) is 10.0. The molecule has 0 saturated carbocycles. The van der Waals surface area contributed by atoms with Gasteiger partial charge in [-0.2, -0.15) is 0 Å². The minimum absolute atomic E-state index is 0.351. The van der Waals surface area contributed by atoms with E-state index < -0.39 is 8.07 Å². The fourth-order valence-electron chi connectivity index (χ4n) is 3.02. The van der Waals surface area contributed by atoms with Gasteiger partial charge in [0, 0.05) is 32.6 Å². The van der Waals surface area contributed by atoms with Crippen LogP contribution in [0.15, 0.2) is 36.7 Å². The van der Waals surface area contributed by atoms with Crippen LogP contribution >= 0.6 is 0 Å². The second kappa shape index (κ2) is 7.78. The van der Waals surface area contributed by atoms with Gasteiger partial charge in [-0.3, -0.25) is 0 Å². The van der Waals surface area contributed by atoms with E-state index in [2.05, 4.69) is 64.5 Å². The molecule has 1 aromatic carbocycles. The van der Waals surface area contributed by atoms with E-state index >= 15 is 0 Å². The van der Waals surface area contributed by atoms with Gasteiger partial charge in [-0.15, -0.1) is 0 Å². The Labute approximate surface area is 170 Å². The van der Waals surface area contributed by atoms with Gasteiger partial charge in [0.05, 0.1) is 11.2 Å². The van der Waals surface area contributed by atoms with Crippen molar-refractivity contribution in [2.45, 2.75) is 71.3 Å². The highest BCUT2D eigenvalue weighted by atomic mass is 28.3. The standard InChI is InChI=1S/C21H33BN2O3Si/c1-20(2)21(3,4)27-22(26-20)18-10-8-9-17(15-18)19-23-11-12-24(19)16-25-13-14-28(5,6)7/h8-12,15H,13-14,16H2,1-7H3. The molecule has 0 bridgehead atoms. The number of hydrogen-bond donors (Lipinski definition) is 0. The van der Waals surface area contributed by atoms with Crippen molar-refractivity contribution < 1.29 is 14.0 Å². The Bertz CT molecular complexity index is 798. The molecule has 0 atom stereocenters. The van der Waals surface area contributed by atoms with Crippen molar-refractivity contribution in [1.29, 1.82) is 0 Å². The van der Waals surface area contributed by atoms with Crippen LogP contribution in [-0.4, -0.2) is 42.6 Å². The first-order chi connectivity index (χ1) is 13.0. The van der Waals surface area contributed by atoms with Crippen LogP contribution in [0.2, 0.25) is 25.7 Å². The molecule has 1 aliphatic rings. The number of nitrogens with zero attached hydrogens (tertiary/aromatic N) is 2. The number of imidazole rings is 1. The van der Waals surface area contributed by atoms with Gasteiger partial charge in [-0.25, -0.2) is 4.98 Å². The highest BCUT2D eigenvalue weighted by Gasteiger charge is 2.51. The zero-order valence-electron chi connectivity index (χ0n) is 18.3. The summed E-state index contributed by atoms with van der Waals surface area (Å²) in [5.74, 6) is 0.895. The maximum Gasteiger partial charge on any atom is 0.494 e. The molecule has 2 aromatic rings. The third-order valence-electron chi connectivity index (χ3n) is 5.61. The first-order valence-corrected chi connectivity index (χ1v) is 13.7. The zero-order chi connectivity index (χ0) is 20.6. The Morgan fingerprint density at radius 3 is 2.43 bits per heavy atom. The van der Waals surface area contributed by atoms with E-state index in [0.29, 0.717) is 6.73 Å². The maximum atomic E-state index is 6.19. The van der Waals surface area contributed by atoms with Gasteiger partial charge < -0.3 is 18.6 Å². The van der Waals surface area contributed by atoms with Crippen LogP contribution in [0.4, 0.5) is 0 Å². The molecule has 5 nitrogen and oxygen atoms in total. The van der Waals surface area contributed by atoms with Crippen LogP contribution in [0.25, 0.3) is 11.4 Å². The summed E-state index contributed by atoms with van der Waals surface area (Å²) in [6.45, 7) is 16.7. The quantitative estimate of drug-likeness (QED) is 0.517. The summed E-state index contributed by atoms with van der Waals surface area (Å²) in [7, 11) is -1.45. The Hall–Kier alpha value is -1.41. The summed E-state index contributed by atoms with van der Waals surface area (Å²) in [6.07, 6.45) is 3.78. The van der Waals surface area contributed by atoms with Gasteiger partial charge in [0.15, 0.2) is 0 Å². The van der Waals surface area contributed by atoms with E-state index in [-0.39, 0.29) is 18.3 Å². The van der Waals surface area contributed by atoms with E-state index in [9.17, 15) is 0 Å². The van der Waals surface area contributed by atoms with E-state index in [1.165, 1.54) is 0 Å². The van der Waals surface area contributed by atoms with Crippen molar-refractivity contribution in [1.82, 2.24) is 9.55 Å². The van der Waals surface area contributed by atoms with Crippen LogP contribution in [0.3, 0.4) is 0 Å². The van der Waals surface area contributed by atoms with Crippen molar-refractivity contribution in [3.05, 3.63) is 36.7 Å². The minimum atomic E-state index is -1.08. The number of aromatic nitrogens is 2. The molecule has 1 fully saturated rings. The van der Waals surface area contributed by atoms with E-state index in [0.717, 1.165) is 29.5 Å². The number of hydrogen-bond acceptors (Lipinski definition) is 4. The molecule has 0 radical (unpaired) electrons. The molecule has 7 heteroatoms. The lowest BCUT2D eigenvalue weighted by molar-refractivity contribution is 0.00578. The second-order valence-corrected chi connectivity index (χ2v) is 15.4. The highest BCUT2D eigenvalue weighted by Crippen LogP contribution is 2.36. The lowest BCUT2D eigenvalue weighted by atomic mass is 9.78. The van der Waals surface area contributed by atoms with Crippen LogP contribution in [0, 0.1) is 0 Å². The molecule has 28 heavy (non-hydrogen) atoms. The summed E-state index contributed by atoms with van der Waals surface area (Å²) in [6, 6.07) is 9.40. The van der Waals surface area contributed by atoms with Crippen LogP contribution in [0.5, 0.6) is 0 Å². The first kappa shape index (κ1) is 21.3. The Kier molecular flexibility index (Phi) is 5.92. The van der Waals surface area contributed by atoms with Crippen LogP contribution in [0.1, 0.15) is 27.7 Å². The summed E-state index contributed by atoms with van der Waals surface area (Å²) in [5.41, 5.74) is 1.34. The van der Waals surface area contributed by atoms with Crippen molar-refractivity contribution >= 4 is 20.7 Å². The molecule has 0 spiro atoms. The maximum absolute atomic E-state index is 6.19. The molecule has 1 saturated heterocycles. The topological polar surface area (TPSA) is 45.5 Å². The summed E-state index contributed by atoms with van der Waals surface area (Å²) in [4.78, 5) is 4.55. The average Bonchev–Trinajstić information content (AvgIpc) is 3.13. The molecule has 2 heterocycles. The van der Waals surface area contributed by atoms with Gasteiger partial charge in [-0.05, 0) is 39.2 Å². The third-order valence-corrected chi connectivity index (χ3v) is 7.32. The zero-order valence-corrected chi connectivity index (χ0v) is 19.3. The van der Waals surface area contributed by atoms with E-state index in [1.54, 1.807) is 0 Å². The molecule has 0 amide bonds. The average molecular weight is 400 g/mol. The smallest absolute Gasteiger partial charge is 0.399 e. The second-order valence-electron chi connectivity index (χ2n) is 9.78. The fraction of sp³-hybridized carbons (Fsp3) is 0.571. The summed E-state index contributed by atoms with van der Waals surface area (Å²) in [5, 5.41) is 0. The van der Waals surface area contributed by atoms with Gasteiger partial charge in [-0.1, -0.05) is 43.9 Å². The number of rotatable bonds is 7. The normalized spacial score (nSPS) is 18.6. The number of benzene rings is 1. The molecular weight excluding hydrogens is 367 g/mol. The van der Waals surface area contributed by atoms with Crippen LogP contribution in [-0.2, 0) is 20.8 Å². The Balaban J connectivity index is 1.73. The van der Waals surface area contributed by atoms with Crippen molar-refractivity contribution in [3.8, 4) is 11.4 Å². The summed E-state index contributed by atoms with van der Waals surface area (Å²) >= 11 is 0. The van der Waals surface area contributed by atoms with Gasteiger partial charge in [0.1, 0.15) is 12.6 Å². The molecule has 0 unspecified atom stereocenters. The monoisotopic (exact) mass is 400 g/mol. The van der Waals surface area contributed by atoms with Gasteiger partial charge in [0.25, 0.3) is 0 Å². The van der Waals surface area contributed by atoms with E-state index in [4.69, 9.17) is 14.0 Å². The molecule has 1 aromatic heterocycles. The largest absolute Gasteiger partial charge is 0.494 e. The Morgan fingerprint density at radius 1 is 1.11 bits per heavy atom. The fourth-order valence-corrected chi connectivity index (χ4v) is 3.78. The summed E-state index contributed by atoms with van der Waals surface area (Å²) < 4.78 is 20.3. The predicted molar refractivity (Wildman–Crippen MR) is 117 cm³/mol. The third kappa shape index (κ3) is 4.77. The SMILES string of the molecule is CC1(C)OB(c2cccc(-c3nccn3COCC[Si](C)(C)C)c2)OC1(C)C. The molecule has 0 N–H and O–H groups in total. The van der Waals surface area contributed by atoms with Crippen LogP contribution < -0.4 is 5.46 Å². The lowest BCUT2D eigenvalue weighted by Crippen LogP contribution is -2.41. The minimum Gasteiger partial charge on any atom is -0.399 e. The molecule has 1 aliphatic heterocycles. The lowest BCUT2D eigenvalue weighted by Gasteiger charge is -2.32. The molecule has 152 valence electrons. The van der Waals surface area contributed by atoms with Crippen molar-refractivity contribution in [2.75, 3.05) is 6.61 Å². The van der Waals surface area contributed by atoms with Gasteiger partial charge >= 0.3 is 7.12 Å². The molecule has 3 rings (SSSR count). The Morgan fingerprint density at radius 2 is 1.79 bits per heavy atom. The highest BCUT2D eigenvalue weighted by molar-refractivity contribution is 6.76. The van der Waals surface area contributed by atoms with Crippen molar-refractivity contribution in [3.63, 3.8) is 0 Å². The predicted octanol–water partition coefficient (Wildman–Crippen LogP) is 4.16. The van der Waals surface area contributed by atoms with E-state index in [1.807, 2.05) is 29.1 Å². The molecular formula is C21H33BN2O3Si.